The average Bonchev–Trinajstić information content (AvgIpc) is 2.59. The third kappa shape index (κ3) is 1.69. The lowest BCUT2D eigenvalue weighted by molar-refractivity contribution is -0.384. The van der Waals surface area contributed by atoms with Crippen LogP contribution in [0.5, 0.6) is 0 Å². The maximum Gasteiger partial charge on any atom is 0.287 e. The Labute approximate surface area is 88.4 Å². The lowest BCUT2D eigenvalue weighted by atomic mass is 10.2. The van der Waals surface area contributed by atoms with Crippen LogP contribution in [0.3, 0.4) is 0 Å². The number of benzene rings is 1. The predicted molar refractivity (Wildman–Crippen MR) is 53.1 cm³/mol. The number of halogens is 1. The Hall–Kier alpha value is -1.88. The van der Waals surface area contributed by atoms with E-state index in [2.05, 4.69) is 0 Å². The first-order valence-corrected chi connectivity index (χ1v) is 4.33. The first-order chi connectivity index (χ1) is 7.08. The number of hydrogen-bond donors (Lipinski definition) is 0. The molecule has 0 saturated heterocycles. The van der Waals surface area contributed by atoms with Gasteiger partial charge in [0.05, 0.1) is 4.92 Å². The molecule has 0 aliphatic rings. The Morgan fingerprint density at radius 3 is 2.73 bits per heavy atom. The van der Waals surface area contributed by atoms with Crippen molar-refractivity contribution in [2.24, 2.45) is 0 Å². The molecule has 0 amide bonds. The van der Waals surface area contributed by atoms with E-state index in [4.69, 9.17) is 16.0 Å². The van der Waals surface area contributed by atoms with E-state index in [1.807, 2.05) is 0 Å². The summed E-state index contributed by atoms with van der Waals surface area (Å²) in [5, 5.41) is 10.2. The van der Waals surface area contributed by atoms with Gasteiger partial charge in [-0.05, 0) is 23.7 Å². The smallest absolute Gasteiger partial charge is 0.287 e. The molecular weight excluding hydrogens is 222 g/mol. The van der Waals surface area contributed by atoms with E-state index in [-0.39, 0.29) is 11.4 Å². The van der Waals surface area contributed by atoms with Gasteiger partial charge >= 0.3 is 0 Å². The Morgan fingerprint density at radius 1 is 1.40 bits per heavy atom. The second-order valence-corrected chi connectivity index (χ2v) is 3.21. The fraction of sp³-hybridized carbons (Fsp3) is 0. The molecule has 1 aromatic heterocycles. The van der Waals surface area contributed by atoms with Crippen LogP contribution >= 0.6 is 11.6 Å². The van der Waals surface area contributed by atoms with E-state index < -0.39 is 10.2 Å². The number of non-ortho nitro benzene ring substituents is 1. The van der Waals surface area contributed by atoms with E-state index >= 15 is 0 Å². The number of carbonyl (C=O) groups excluding carboxylic acids is 1. The van der Waals surface area contributed by atoms with Gasteiger partial charge in [0.25, 0.3) is 10.9 Å². The molecule has 0 spiro atoms. The van der Waals surface area contributed by atoms with Crippen LogP contribution in [-0.2, 0) is 0 Å². The van der Waals surface area contributed by atoms with Gasteiger partial charge in [-0.3, -0.25) is 14.9 Å². The molecule has 0 aliphatic heterocycles. The minimum absolute atomic E-state index is 0.0211. The molecule has 0 aliphatic carbocycles. The lowest BCUT2D eigenvalue weighted by Crippen LogP contribution is -1.85. The highest BCUT2D eigenvalue weighted by Crippen LogP contribution is 2.24. The van der Waals surface area contributed by atoms with E-state index in [9.17, 15) is 14.9 Å². The highest BCUT2D eigenvalue weighted by Gasteiger charge is 2.12. The molecule has 0 atom stereocenters. The third-order valence-electron chi connectivity index (χ3n) is 1.90. The molecule has 5 nitrogen and oxygen atoms in total. The number of carbonyl (C=O) groups is 1. The van der Waals surface area contributed by atoms with Gasteiger partial charge in [-0.25, -0.2) is 0 Å². The van der Waals surface area contributed by atoms with Crippen molar-refractivity contribution >= 4 is 33.5 Å². The molecular formula is C9H4ClNO4. The highest BCUT2D eigenvalue weighted by molar-refractivity contribution is 6.67. The van der Waals surface area contributed by atoms with Crippen LogP contribution in [-0.4, -0.2) is 10.2 Å². The minimum Gasteiger partial charge on any atom is -0.452 e. The van der Waals surface area contributed by atoms with Crippen molar-refractivity contribution in [2.45, 2.75) is 0 Å². The van der Waals surface area contributed by atoms with Crippen molar-refractivity contribution in [3.63, 3.8) is 0 Å². The standard InChI is InChI=1S/C9H4ClNO4/c10-9(12)8-4-5-3-6(11(13)14)1-2-7(5)15-8/h1-4H. The number of rotatable bonds is 2. The van der Waals surface area contributed by atoms with E-state index in [0.29, 0.717) is 11.0 Å². The van der Waals surface area contributed by atoms with Crippen LogP contribution in [0.2, 0.25) is 0 Å². The van der Waals surface area contributed by atoms with Crippen LogP contribution < -0.4 is 0 Å². The number of furan rings is 1. The minimum atomic E-state index is -0.728. The Balaban J connectivity index is 2.62. The maximum atomic E-state index is 10.8. The zero-order valence-electron chi connectivity index (χ0n) is 7.27. The normalized spacial score (nSPS) is 10.5. The number of fused-ring (bicyclic) bond motifs is 1. The molecule has 0 radical (unpaired) electrons. The largest absolute Gasteiger partial charge is 0.452 e. The molecule has 0 saturated carbocycles. The predicted octanol–water partition coefficient (Wildman–Crippen LogP) is 2.72. The van der Waals surface area contributed by atoms with Crippen molar-refractivity contribution in [2.75, 3.05) is 0 Å². The zero-order valence-corrected chi connectivity index (χ0v) is 8.02. The van der Waals surface area contributed by atoms with Gasteiger partial charge < -0.3 is 4.42 Å². The molecule has 76 valence electrons. The summed E-state index contributed by atoms with van der Waals surface area (Å²) in [5.41, 5.74) is 0.335. The van der Waals surface area contributed by atoms with Crippen molar-refractivity contribution in [1.29, 1.82) is 0 Å². The summed E-state index contributed by atoms with van der Waals surface area (Å²) in [7, 11) is 0. The van der Waals surface area contributed by atoms with Gasteiger partial charge in [0.1, 0.15) is 5.58 Å². The van der Waals surface area contributed by atoms with Crippen molar-refractivity contribution in [1.82, 2.24) is 0 Å². The van der Waals surface area contributed by atoms with Gasteiger partial charge in [-0.1, -0.05) is 0 Å². The summed E-state index contributed by atoms with van der Waals surface area (Å²) in [6, 6.07) is 5.42. The number of nitro benzene ring substituents is 1. The van der Waals surface area contributed by atoms with Crippen LogP contribution in [0, 0.1) is 10.1 Å². The first kappa shape index (κ1) is 9.67. The third-order valence-corrected chi connectivity index (χ3v) is 2.09. The summed E-state index contributed by atoms with van der Waals surface area (Å²) in [6.45, 7) is 0. The molecule has 0 unspecified atom stereocenters. The van der Waals surface area contributed by atoms with Crippen LogP contribution in [0.25, 0.3) is 11.0 Å². The monoisotopic (exact) mass is 225 g/mol. The van der Waals surface area contributed by atoms with Gasteiger partial charge in [0.15, 0.2) is 5.76 Å². The zero-order chi connectivity index (χ0) is 11.0. The molecule has 0 fully saturated rings. The molecule has 2 aromatic rings. The first-order valence-electron chi connectivity index (χ1n) is 3.96. The summed E-state index contributed by atoms with van der Waals surface area (Å²) in [6.07, 6.45) is 0. The molecule has 15 heavy (non-hydrogen) atoms. The summed E-state index contributed by atoms with van der Waals surface area (Å²) in [5.74, 6) is -0.0211. The Kier molecular flexibility index (Phi) is 2.17. The Morgan fingerprint density at radius 2 is 2.13 bits per heavy atom. The van der Waals surface area contributed by atoms with Crippen molar-refractivity contribution < 1.29 is 14.1 Å². The van der Waals surface area contributed by atoms with Crippen LogP contribution in [0.4, 0.5) is 5.69 Å². The van der Waals surface area contributed by atoms with Crippen molar-refractivity contribution in [3.05, 3.63) is 40.1 Å². The number of hydrogen-bond acceptors (Lipinski definition) is 4. The summed E-state index contributed by atoms with van der Waals surface area (Å²) >= 11 is 5.21. The second-order valence-electron chi connectivity index (χ2n) is 2.86. The van der Waals surface area contributed by atoms with E-state index in [1.54, 1.807) is 0 Å². The van der Waals surface area contributed by atoms with Gasteiger partial charge in [-0.2, -0.15) is 0 Å². The molecule has 0 bridgehead atoms. The quantitative estimate of drug-likeness (QED) is 0.447. The number of nitrogens with zero attached hydrogens (tertiary/aromatic N) is 1. The van der Waals surface area contributed by atoms with E-state index in [0.717, 1.165) is 0 Å². The lowest BCUT2D eigenvalue weighted by Gasteiger charge is -1.89. The molecule has 1 aromatic carbocycles. The fourth-order valence-corrected chi connectivity index (χ4v) is 1.33. The second kappa shape index (κ2) is 3.36. The van der Waals surface area contributed by atoms with Gasteiger partial charge in [-0.15, -0.1) is 0 Å². The van der Waals surface area contributed by atoms with Gasteiger partial charge in [0, 0.05) is 17.5 Å². The van der Waals surface area contributed by atoms with Crippen molar-refractivity contribution in [3.8, 4) is 0 Å². The van der Waals surface area contributed by atoms with Gasteiger partial charge in [0.2, 0.25) is 0 Å². The average molecular weight is 226 g/mol. The maximum absolute atomic E-state index is 10.8. The molecule has 0 N–H and O–H groups in total. The SMILES string of the molecule is O=C(Cl)c1cc2cc([N+](=O)[O-])ccc2o1. The molecule has 6 heteroatoms. The summed E-state index contributed by atoms with van der Waals surface area (Å²) in [4.78, 5) is 20.7. The number of nitro groups is 1. The van der Waals surface area contributed by atoms with Crippen LogP contribution in [0.15, 0.2) is 28.7 Å². The molecule has 1 heterocycles. The Bertz CT molecular complexity index is 548. The van der Waals surface area contributed by atoms with Crippen LogP contribution in [0.1, 0.15) is 10.6 Å². The highest BCUT2D eigenvalue weighted by atomic mass is 35.5. The molecule has 2 rings (SSSR count). The van der Waals surface area contributed by atoms with E-state index in [1.165, 1.54) is 24.3 Å². The topological polar surface area (TPSA) is 73.3 Å². The summed E-state index contributed by atoms with van der Waals surface area (Å²) < 4.78 is 5.06. The fourth-order valence-electron chi connectivity index (χ4n) is 1.24.